The van der Waals surface area contributed by atoms with Crippen molar-refractivity contribution in [3.8, 4) is 0 Å². The van der Waals surface area contributed by atoms with Gasteiger partial charge in [0, 0.05) is 5.69 Å². The molecule has 3 N–H and O–H groups in total. The Bertz CT molecular complexity index is 572. The molecule has 1 aromatic carbocycles. The lowest BCUT2D eigenvalue weighted by atomic mass is 10.1. The van der Waals surface area contributed by atoms with Crippen molar-refractivity contribution in [2.75, 3.05) is 17.6 Å². The topological polar surface area (TPSA) is 84.5 Å². The third-order valence-electron chi connectivity index (χ3n) is 2.87. The number of hydrogen-bond donors (Lipinski definition) is 2. The minimum Gasteiger partial charge on any atom is -0.370 e. The van der Waals surface area contributed by atoms with Gasteiger partial charge in [0.25, 0.3) is 0 Å². The van der Waals surface area contributed by atoms with Gasteiger partial charge in [-0.3, -0.25) is 4.99 Å². The van der Waals surface area contributed by atoms with Crippen molar-refractivity contribution in [1.82, 2.24) is 0 Å². The second-order valence-electron chi connectivity index (χ2n) is 5.18. The standard InChI is InChI=1S/C14H23N3O2S/c1-10(2)20(18,19)6-5-16-14(15)17-13-8-11(3)7-12(4)9-13/h7-10H,5-6H2,1-4H3,(H3,15,16,17). The van der Waals surface area contributed by atoms with E-state index in [2.05, 4.69) is 16.4 Å². The van der Waals surface area contributed by atoms with E-state index in [0.717, 1.165) is 16.8 Å². The van der Waals surface area contributed by atoms with Gasteiger partial charge >= 0.3 is 0 Å². The van der Waals surface area contributed by atoms with Crippen molar-refractivity contribution in [3.63, 3.8) is 0 Å². The van der Waals surface area contributed by atoms with Crippen LogP contribution >= 0.6 is 0 Å². The summed E-state index contributed by atoms with van der Waals surface area (Å²) in [4.78, 5) is 4.05. The van der Waals surface area contributed by atoms with Crippen molar-refractivity contribution < 1.29 is 8.42 Å². The molecular weight excluding hydrogens is 274 g/mol. The van der Waals surface area contributed by atoms with Gasteiger partial charge in [-0.25, -0.2) is 8.42 Å². The van der Waals surface area contributed by atoms with Gasteiger partial charge in [-0.15, -0.1) is 0 Å². The number of nitrogens with one attached hydrogen (secondary N) is 1. The SMILES string of the molecule is Cc1cc(C)cc(NC(N)=NCCS(=O)(=O)C(C)C)c1. The zero-order valence-corrected chi connectivity index (χ0v) is 13.3. The maximum atomic E-state index is 11.6. The molecule has 0 fully saturated rings. The van der Waals surface area contributed by atoms with Crippen molar-refractivity contribution in [2.24, 2.45) is 10.7 Å². The van der Waals surface area contributed by atoms with Crippen LogP contribution in [-0.2, 0) is 9.84 Å². The molecule has 6 heteroatoms. The van der Waals surface area contributed by atoms with Crippen molar-refractivity contribution in [2.45, 2.75) is 32.9 Å². The Morgan fingerprint density at radius 3 is 2.30 bits per heavy atom. The predicted octanol–water partition coefficient (Wildman–Crippen LogP) is 1.85. The molecule has 0 heterocycles. The Morgan fingerprint density at radius 2 is 1.80 bits per heavy atom. The lowest BCUT2D eigenvalue weighted by Gasteiger charge is -2.09. The molecule has 0 spiro atoms. The first kappa shape index (κ1) is 16.5. The number of rotatable bonds is 5. The fraction of sp³-hybridized carbons (Fsp3) is 0.500. The highest BCUT2D eigenvalue weighted by Gasteiger charge is 2.14. The fourth-order valence-electron chi connectivity index (χ4n) is 1.76. The van der Waals surface area contributed by atoms with Gasteiger partial charge in [0.05, 0.1) is 17.5 Å². The minimum absolute atomic E-state index is 0.0138. The zero-order chi connectivity index (χ0) is 15.3. The molecular formula is C14H23N3O2S. The maximum Gasteiger partial charge on any atom is 0.193 e. The Labute approximate surface area is 121 Å². The van der Waals surface area contributed by atoms with Crippen LogP contribution in [0.3, 0.4) is 0 Å². The van der Waals surface area contributed by atoms with E-state index < -0.39 is 9.84 Å². The van der Waals surface area contributed by atoms with E-state index in [1.54, 1.807) is 13.8 Å². The van der Waals surface area contributed by atoms with E-state index in [-0.39, 0.29) is 23.5 Å². The number of aliphatic imine (C=N–C) groups is 1. The molecule has 112 valence electrons. The summed E-state index contributed by atoms with van der Waals surface area (Å²) in [5.41, 5.74) is 8.87. The minimum atomic E-state index is -3.07. The van der Waals surface area contributed by atoms with E-state index in [1.165, 1.54) is 0 Å². The summed E-state index contributed by atoms with van der Waals surface area (Å²) in [7, 11) is -3.07. The average Bonchev–Trinajstić information content (AvgIpc) is 2.26. The van der Waals surface area contributed by atoms with Gasteiger partial charge in [-0.2, -0.15) is 0 Å². The number of aryl methyl sites for hydroxylation is 2. The zero-order valence-electron chi connectivity index (χ0n) is 12.5. The Hall–Kier alpha value is -1.56. The summed E-state index contributed by atoms with van der Waals surface area (Å²) < 4.78 is 23.3. The molecule has 5 nitrogen and oxygen atoms in total. The second kappa shape index (κ2) is 6.74. The number of hydrogen-bond acceptors (Lipinski definition) is 3. The number of nitrogens with two attached hydrogens (primary N) is 1. The fourth-order valence-corrected chi connectivity index (χ4v) is 2.58. The van der Waals surface area contributed by atoms with Crippen LogP contribution in [0.5, 0.6) is 0 Å². The highest BCUT2D eigenvalue weighted by atomic mass is 32.2. The van der Waals surface area contributed by atoms with Gasteiger partial charge in [-0.1, -0.05) is 6.07 Å². The molecule has 0 aliphatic carbocycles. The monoisotopic (exact) mass is 297 g/mol. The van der Waals surface area contributed by atoms with Crippen LogP contribution in [0.4, 0.5) is 5.69 Å². The van der Waals surface area contributed by atoms with Crippen molar-refractivity contribution in [1.29, 1.82) is 0 Å². The molecule has 20 heavy (non-hydrogen) atoms. The highest BCUT2D eigenvalue weighted by molar-refractivity contribution is 7.92. The molecule has 0 saturated heterocycles. The molecule has 0 aliphatic rings. The Balaban J connectivity index is 2.62. The first-order valence-corrected chi connectivity index (χ1v) is 8.29. The highest BCUT2D eigenvalue weighted by Crippen LogP contribution is 2.13. The molecule has 0 unspecified atom stereocenters. The summed E-state index contributed by atoms with van der Waals surface area (Å²) >= 11 is 0. The van der Waals surface area contributed by atoms with Crippen LogP contribution < -0.4 is 11.1 Å². The Morgan fingerprint density at radius 1 is 1.25 bits per heavy atom. The average molecular weight is 297 g/mol. The van der Waals surface area contributed by atoms with Gasteiger partial charge in [-0.05, 0) is 51.0 Å². The summed E-state index contributed by atoms with van der Waals surface area (Å²) in [5, 5.41) is 2.59. The summed E-state index contributed by atoms with van der Waals surface area (Å²) in [6, 6.07) is 5.98. The van der Waals surface area contributed by atoms with Crippen LogP contribution in [0.25, 0.3) is 0 Å². The van der Waals surface area contributed by atoms with Crippen molar-refractivity contribution in [3.05, 3.63) is 29.3 Å². The molecule has 0 saturated carbocycles. The quantitative estimate of drug-likeness (QED) is 0.641. The molecule has 0 aliphatic heterocycles. The number of benzene rings is 1. The molecule has 0 aromatic heterocycles. The van der Waals surface area contributed by atoms with Gasteiger partial charge in [0.15, 0.2) is 15.8 Å². The molecule has 0 atom stereocenters. The van der Waals surface area contributed by atoms with E-state index in [9.17, 15) is 8.42 Å². The summed E-state index contributed by atoms with van der Waals surface area (Å²) in [5.74, 6) is 0.244. The third kappa shape index (κ3) is 5.21. The molecule has 0 bridgehead atoms. The largest absolute Gasteiger partial charge is 0.370 e. The van der Waals surface area contributed by atoms with Gasteiger partial charge in [0.2, 0.25) is 0 Å². The number of guanidine groups is 1. The van der Waals surface area contributed by atoms with Crippen LogP contribution in [0.2, 0.25) is 0 Å². The van der Waals surface area contributed by atoms with E-state index in [0.29, 0.717) is 0 Å². The molecule has 1 rings (SSSR count). The van der Waals surface area contributed by atoms with Gasteiger partial charge < -0.3 is 11.1 Å². The van der Waals surface area contributed by atoms with E-state index in [4.69, 9.17) is 5.73 Å². The third-order valence-corrected chi connectivity index (χ3v) is 5.06. The summed E-state index contributed by atoms with van der Waals surface area (Å²) in [6.07, 6.45) is 0. The van der Waals surface area contributed by atoms with Crippen LogP contribution in [0.15, 0.2) is 23.2 Å². The lowest BCUT2D eigenvalue weighted by Crippen LogP contribution is -2.25. The smallest absolute Gasteiger partial charge is 0.193 e. The second-order valence-corrected chi connectivity index (χ2v) is 7.86. The van der Waals surface area contributed by atoms with Gasteiger partial charge in [0.1, 0.15) is 0 Å². The number of nitrogens with zero attached hydrogens (tertiary/aromatic N) is 1. The Kier molecular flexibility index (Phi) is 5.56. The first-order chi connectivity index (χ1) is 9.20. The van der Waals surface area contributed by atoms with Crippen LogP contribution in [-0.4, -0.2) is 31.9 Å². The van der Waals surface area contributed by atoms with E-state index >= 15 is 0 Å². The van der Waals surface area contributed by atoms with Crippen LogP contribution in [0, 0.1) is 13.8 Å². The predicted molar refractivity (Wildman–Crippen MR) is 85.0 cm³/mol. The maximum absolute atomic E-state index is 11.6. The summed E-state index contributed by atoms with van der Waals surface area (Å²) in [6.45, 7) is 7.50. The van der Waals surface area contributed by atoms with Crippen LogP contribution in [0.1, 0.15) is 25.0 Å². The molecule has 0 amide bonds. The molecule has 1 aromatic rings. The van der Waals surface area contributed by atoms with E-state index in [1.807, 2.05) is 26.0 Å². The first-order valence-electron chi connectivity index (χ1n) is 6.57. The molecule has 0 radical (unpaired) electrons. The van der Waals surface area contributed by atoms with Crippen molar-refractivity contribution >= 4 is 21.5 Å². The normalized spacial score (nSPS) is 12.8. The number of sulfone groups is 1. The lowest BCUT2D eigenvalue weighted by molar-refractivity contribution is 0.587. The number of anilines is 1.